The van der Waals surface area contributed by atoms with E-state index in [1.807, 2.05) is 52.0 Å². The molecular formula is C24H32ClN3O4S. The van der Waals surface area contributed by atoms with Crippen molar-refractivity contribution in [1.29, 1.82) is 0 Å². The number of carbonyl (C=O) groups excluding carboxylic acids is 2. The molecule has 0 saturated heterocycles. The van der Waals surface area contributed by atoms with Crippen LogP contribution in [0.4, 0.5) is 5.69 Å². The second kappa shape index (κ2) is 10.6. The second-order valence-electron chi connectivity index (χ2n) is 9.11. The van der Waals surface area contributed by atoms with Crippen molar-refractivity contribution in [2.75, 3.05) is 17.1 Å². The Kier molecular flexibility index (Phi) is 8.54. The van der Waals surface area contributed by atoms with Gasteiger partial charge in [-0.25, -0.2) is 8.42 Å². The van der Waals surface area contributed by atoms with E-state index < -0.39 is 34.1 Å². The van der Waals surface area contributed by atoms with Crippen molar-refractivity contribution in [1.82, 2.24) is 10.2 Å². The first-order chi connectivity index (χ1) is 15.2. The summed E-state index contributed by atoms with van der Waals surface area (Å²) in [6.45, 7) is 8.87. The molecule has 7 nitrogen and oxygen atoms in total. The van der Waals surface area contributed by atoms with Gasteiger partial charge in [0, 0.05) is 17.1 Å². The summed E-state index contributed by atoms with van der Waals surface area (Å²) in [6.07, 6.45) is 1.04. The highest BCUT2D eigenvalue weighted by molar-refractivity contribution is 7.92. The van der Waals surface area contributed by atoms with Gasteiger partial charge in [0.05, 0.1) is 11.9 Å². The molecule has 1 atom stereocenters. The van der Waals surface area contributed by atoms with Crippen molar-refractivity contribution in [3.63, 3.8) is 0 Å². The minimum absolute atomic E-state index is 0.169. The van der Waals surface area contributed by atoms with Gasteiger partial charge in [0.25, 0.3) is 0 Å². The minimum atomic E-state index is -3.77. The number of aryl methyl sites for hydroxylation is 1. The first-order valence-corrected chi connectivity index (χ1v) is 12.8. The number of hydrogen-bond donors (Lipinski definition) is 1. The van der Waals surface area contributed by atoms with Crippen LogP contribution < -0.4 is 9.62 Å². The first kappa shape index (κ1) is 26.7. The number of nitrogens with one attached hydrogen (secondary N) is 1. The van der Waals surface area contributed by atoms with E-state index >= 15 is 0 Å². The maximum Gasteiger partial charge on any atom is 0.244 e. The summed E-state index contributed by atoms with van der Waals surface area (Å²) in [4.78, 5) is 27.8. The Balaban J connectivity index is 2.41. The molecule has 0 spiro atoms. The fraction of sp³-hybridized carbons (Fsp3) is 0.417. The molecule has 0 radical (unpaired) electrons. The molecule has 0 unspecified atom stereocenters. The fourth-order valence-electron chi connectivity index (χ4n) is 3.25. The van der Waals surface area contributed by atoms with E-state index in [2.05, 4.69) is 5.32 Å². The van der Waals surface area contributed by atoms with E-state index in [-0.39, 0.29) is 12.5 Å². The monoisotopic (exact) mass is 493 g/mol. The summed E-state index contributed by atoms with van der Waals surface area (Å²) in [6, 6.07) is 13.0. The third-order valence-corrected chi connectivity index (χ3v) is 6.45. The molecule has 2 aromatic rings. The molecule has 0 heterocycles. The first-order valence-electron chi connectivity index (χ1n) is 10.6. The highest BCUT2D eigenvalue weighted by atomic mass is 35.5. The maximum absolute atomic E-state index is 13.5. The fourth-order valence-corrected chi connectivity index (χ4v) is 4.22. The lowest BCUT2D eigenvalue weighted by Gasteiger charge is -2.33. The molecule has 33 heavy (non-hydrogen) atoms. The molecule has 2 amide bonds. The number of nitrogens with zero attached hydrogens (tertiary/aromatic N) is 2. The van der Waals surface area contributed by atoms with Gasteiger partial charge in [-0.2, -0.15) is 0 Å². The number of halogens is 1. The lowest BCUT2D eigenvalue weighted by molar-refractivity contribution is -0.140. The normalized spacial score (nSPS) is 12.7. The van der Waals surface area contributed by atoms with Crippen LogP contribution in [0.5, 0.6) is 0 Å². The Morgan fingerprint density at radius 1 is 1.06 bits per heavy atom. The highest BCUT2D eigenvalue weighted by Crippen LogP contribution is 2.22. The molecule has 2 aromatic carbocycles. The Bertz CT molecular complexity index is 1100. The average Bonchev–Trinajstić information content (AvgIpc) is 2.69. The number of sulfonamides is 1. The SMILES string of the molecule is Cc1ccccc1CN(C(=O)CN(c1ccc(Cl)cc1)S(C)(=O)=O)[C@@H](C)C(=O)NC(C)(C)C. The van der Waals surface area contributed by atoms with Crippen LogP contribution in [0.25, 0.3) is 0 Å². The van der Waals surface area contributed by atoms with Crippen LogP contribution in [0, 0.1) is 6.92 Å². The van der Waals surface area contributed by atoms with E-state index in [9.17, 15) is 18.0 Å². The number of rotatable bonds is 8. The van der Waals surface area contributed by atoms with Gasteiger partial charge in [-0.05, 0) is 70.0 Å². The summed E-state index contributed by atoms with van der Waals surface area (Å²) in [5.41, 5.74) is 1.68. The van der Waals surface area contributed by atoms with Crippen LogP contribution in [0.1, 0.15) is 38.8 Å². The Morgan fingerprint density at radius 2 is 1.64 bits per heavy atom. The third-order valence-electron chi connectivity index (χ3n) is 5.06. The van der Waals surface area contributed by atoms with E-state index in [0.717, 1.165) is 21.7 Å². The van der Waals surface area contributed by atoms with Gasteiger partial charge in [0.2, 0.25) is 21.8 Å². The van der Waals surface area contributed by atoms with Gasteiger partial charge in [0.15, 0.2) is 0 Å². The zero-order valence-electron chi connectivity index (χ0n) is 19.9. The van der Waals surface area contributed by atoms with Crippen molar-refractivity contribution >= 4 is 39.1 Å². The summed E-state index contributed by atoms with van der Waals surface area (Å²) in [5, 5.41) is 3.35. The van der Waals surface area contributed by atoms with Gasteiger partial charge < -0.3 is 10.2 Å². The predicted octanol–water partition coefficient (Wildman–Crippen LogP) is 3.75. The molecule has 0 saturated carbocycles. The molecule has 0 aliphatic heterocycles. The van der Waals surface area contributed by atoms with Gasteiger partial charge >= 0.3 is 0 Å². The van der Waals surface area contributed by atoms with Gasteiger partial charge in [-0.15, -0.1) is 0 Å². The van der Waals surface area contributed by atoms with E-state index in [1.54, 1.807) is 19.1 Å². The van der Waals surface area contributed by atoms with Crippen molar-refractivity contribution in [2.45, 2.75) is 52.7 Å². The maximum atomic E-state index is 13.5. The minimum Gasteiger partial charge on any atom is -0.350 e. The number of hydrogen-bond acceptors (Lipinski definition) is 4. The number of carbonyl (C=O) groups is 2. The largest absolute Gasteiger partial charge is 0.350 e. The summed E-state index contributed by atoms with van der Waals surface area (Å²) in [5.74, 6) is -0.808. The number of amides is 2. The van der Waals surface area contributed by atoms with Crippen molar-refractivity contribution in [3.8, 4) is 0 Å². The van der Waals surface area contributed by atoms with Crippen LogP contribution in [-0.4, -0.2) is 49.5 Å². The Labute approximate surface area is 201 Å². The topological polar surface area (TPSA) is 86.8 Å². The second-order valence-corrected chi connectivity index (χ2v) is 11.5. The van der Waals surface area contributed by atoms with Crippen molar-refractivity contribution < 1.29 is 18.0 Å². The van der Waals surface area contributed by atoms with Crippen LogP contribution in [0.15, 0.2) is 48.5 Å². The molecule has 0 bridgehead atoms. The zero-order chi connectivity index (χ0) is 25.0. The molecule has 1 N–H and O–H groups in total. The Hall–Kier alpha value is -2.58. The third kappa shape index (κ3) is 7.75. The lowest BCUT2D eigenvalue weighted by Crippen LogP contribution is -2.54. The number of benzene rings is 2. The van der Waals surface area contributed by atoms with Crippen LogP contribution >= 0.6 is 11.6 Å². The van der Waals surface area contributed by atoms with Crippen molar-refractivity contribution in [3.05, 3.63) is 64.7 Å². The Morgan fingerprint density at radius 3 is 2.15 bits per heavy atom. The van der Waals surface area contributed by atoms with Crippen molar-refractivity contribution in [2.24, 2.45) is 0 Å². The number of anilines is 1. The highest BCUT2D eigenvalue weighted by Gasteiger charge is 2.31. The smallest absolute Gasteiger partial charge is 0.244 e. The van der Waals surface area contributed by atoms with Gasteiger partial charge in [-0.1, -0.05) is 35.9 Å². The molecule has 0 aliphatic carbocycles. The summed E-state index contributed by atoms with van der Waals surface area (Å²) in [7, 11) is -3.77. The molecule has 0 aromatic heterocycles. The van der Waals surface area contributed by atoms with Crippen LogP contribution in [-0.2, 0) is 26.2 Å². The molecule has 0 fully saturated rings. The predicted molar refractivity (Wildman–Crippen MR) is 133 cm³/mol. The van der Waals surface area contributed by atoms with E-state index in [0.29, 0.717) is 10.7 Å². The van der Waals surface area contributed by atoms with Crippen LogP contribution in [0.3, 0.4) is 0 Å². The van der Waals surface area contributed by atoms with Gasteiger partial charge in [-0.3, -0.25) is 13.9 Å². The molecular weight excluding hydrogens is 462 g/mol. The quantitative estimate of drug-likeness (QED) is 0.606. The van der Waals surface area contributed by atoms with Crippen LogP contribution in [0.2, 0.25) is 5.02 Å². The van der Waals surface area contributed by atoms with E-state index in [1.165, 1.54) is 17.0 Å². The molecule has 2 rings (SSSR count). The zero-order valence-corrected chi connectivity index (χ0v) is 21.5. The molecule has 0 aliphatic rings. The lowest BCUT2D eigenvalue weighted by atomic mass is 10.1. The summed E-state index contributed by atoms with van der Waals surface area (Å²) >= 11 is 5.93. The van der Waals surface area contributed by atoms with E-state index in [4.69, 9.17) is 11.6 Å². The standard InChI is InChI=1S/C24H32ClN3O4S/c1-17-9-7-8-10-19(17)15-27(18(2)23(30)26-24(3,4)5)22(29)16-28(33(6,31)32)21-13-11-20(25)12-14-21/h7-14,18H,15-16H2,1-6H3,(H,26,30)/t18-/m0/s1. The van der Waals surface area contributed by atoms with Gasteiger partial charge in [0.1, 0.15) is 12.6 Å². The molecule has 9 heteroatoms. The average molecular weight is 494 g/mol. The molecule has 180 valence electrons. The summed E-state index contributed by atoms with van der Waals surface area (Å²) < 4.78 is 26.1.